The van der Waals surface area contributed by atoms with E-state index in [4.69, 9.17) is 46.4 Å². The van der Waals surface area contributed by atoms with Crippen LogP contribution in [-0.4, -0.2) is 16.7 Å². The molecule has 0 aromatic heterocycles. The first-order chi connectivity index (χ1) is 14.7. The van der Waals surface area contributed by atoms with E-state index in [2.05, 4.69) is 10.6 Å². The van der Waals surface area contributed by atoms with Crippen LogP contribution in [0.25, 0.3) is 0 Å². The smallest absolute Gasteiger partial charge is 0.292 e. The SMILES string of the molecule is O=C(Nc1ccc([N+](=O)[O-])c(NC(=O)c2ccc(Cl)cc2Cl)c1)c1ccc(Cl)cc1Cl. The van der Waals surface area contributed by atoms with Crippen LogP contribution in [0.4, 0.5) is 17.1 Å². The molecule has 0 saturated carbocycles. The summed E-state index contributed by atoms with van der Waals surface area (Å²) in [6.45, 7) is 0. The number of rotatable bonds is 5. The summed E-state index contributed by atoms with van der Waals surface area (Å²) >= 11 is 23.7. The molecule has 0 aliphatic rings. The minimum atomic E-state index is -0.686. The third-order valence-electron chi connectivity index (χ3n) is 4.05. The maximum atomic E-state index is 12.6. The summed E-state index contributed by atoms with van der Waals surface area (Å²) < 4.78 is 0. The number of benzene rings is 3. The average Bonchev–Trinajstić information content (AvgIpc) is 2.67. The lowest BCUT2D eigenvalue weighted by molar-refractivity contribution is -0.383. The molecule has 7 nitrogen and oxygen atoms in total. The van der Waals surface area contributed by atoms with Crippen LogP contribution < -0.4 is 10.6 Å². The van der Waals surface area contributed by atoms with Gasteiger partial charge in [0, 0.05) is 21.8 Å². The lowest BCUT2D eigenvalue weighted by Gasteiger charge is -2.11. The zero-order chi connectivity index (χ0) is 22.7. The number of carbonyl (C=O) groups is 2. The maximum absolute atomic E-state index is 12.6. The summed E-state index contributed by atoms with van der Waals surface area (Å²) in [6, 6.07) is 12.3. The lowest BCUT2D eigenvalue weighted by Crippen LogP contribution is -2.15. The molecule has 31 heavy (non-hydrogen) atoms. The number of amides is 2. The van der Waals surface area contributed by atoms with E-state index in [1.165, 1.54) is 48.5 Å². The summed E-state index contributed by atoms with van der Waals surface area (Å²) in [5.74, 6) is -1.25. The molecular weight excluding hydrogens is 488 g/mol. The molecule has 3 aromatic carbocycles. The van der Waals surface area contributed by atoms with Gasteiger partial charge in [-0.25, -0.2) is 0 Å². The van der Waals surface area contributed by atoms with Gasteiger partial charge in [-0.15, -0.1) is 0 Å². The van der Waals surface area contributed by atoms with Gasteiger partial charge < -0.3 is 10.6 Å². The molecule has 0 radical (unpaired) electrons. The summed E-state index contributed by atoms with van der Waals surface area (Å²) in [5, 5.41) is 17.3. The summed E-state index contributed by atoms with van der Waals surface area (Å²) in [4.78, 5) is 35.8. The molecule has 0 unspecified atom stereocenters. The Labute approximate surface area is 196 Å². The van der Waals surface area contributed by atoms with Gasteiger partial charge in [0.2, 0.25) is 0 Å². The summed E-state index contributed by atoms with van der Waals surface area (Å²) in [7, 11) is 0. The van der Waals surface area contributed by atoms with Crippen molar-refractivity contribution in [3.05, 3.63) is 95.9 Å². The zero-order valence-corrected chi connectivity index (χ0v) is 18.3. The standard InChI is InChI=1S/C20H11Cl4N3O4/c21-10-1-4-13(15(23)7-10)19(28)25-12-3-6-18(27(30)31)17(9-12)26-20(29)14-5-2-11(22)8-16(14)24/h1-9H,(H,25,28)(H,26,29). The highest BCUT2D eigenvalue weighted by molar-refractivity contribution is 6.38. The normalized spacial score (nSPS) is 10.5. The Morgan fingerprint density at radius 1 is 0.742 bits per heavy atom. The van der Waals surface area contributed by atoms with E-state index < -0.39 is 16.7 Å². The first-order valence-corrected chi connectivity index (χ1v) is 9.98. The summed E-state index contributed by atoms with van der Waals surface area (Å²) in [5.41, 5.74) is -0.0909. The van der Waals surface area contributed by atoms with Gasteiger partial charge in [-0.05, 0) is 48.5 Å². The molecular formula is C20H11Cl4N3O4. The van der Waals surface area contributed by atoms with Crippen molar-refractivity contribution in [3.8, 4) is 0 Å². The number of halogens is 4. The second-order valence-corrected chi connectivity index (χ2v) is 7.83. The molecule has 11 heteroatoms. The molecule has 0 heterocycles. The van der Waals surface area contributed by atoms with E-state index in [1.807, 2.05) is 0 Å². The largest absolute Gasteiger partial charge is 0.322 e. The lowest BCUT2D eigenvalue weighted by atomic mass is 10.1. The predicted molar refractivity (Wildman–Crippen MR) is 122 cm³/mol. The van der Waals surface area contributed by atoms with E-state index >= 15 is 0 Å². The minimum absolute atomic E-state index is 0.0720. The van der Waals surface area contributed by atoms with Crippen molar-refractivity contribution in [2.75, 3.05) is 10.6 Å². The molecule has 2 amide bonds. The molecule has 0 spiro atoms. The first-order valence-electron chi connectivity index (χ1n) is 8.47. The molecule has 0 atom stereocenters. The number of nitro groups is 1. The monoisotopic (exact) mass is 497 g/mol. The van der Waals surface area contributed by atoms with Gasteiger partial charge in [-0.1, -0.05) is 46.4 Å². The fraction of sp³-hybridized carbons (Fsp3) is 0. The van der Waals surface area contributed by atoms with Gasteiger partial charge in [0.25, 0.3) is 17.5 Å². The topological polar surface area (TPSA) is 101 Å². The van der Waals surface area contributed by atoms with Gasteiger partial charge in [-0.3, -0.25) is 19.7 Å². The van der Waals surface area contributed by atoms with Crippen molar-refractivity contribution in [1.29, 1.82) is 0 Å². The van der Waals surface area contributed by atoms with E-state index in [0.29, 0.717) is 10.0 Å². The van der Waals surface area contributed by atoms with E-state index in [0.717, 1.165) is 6.07 Å². The fourth-order valence-electron chi connectivity index (χ4n) is 2.61. The predicted octanol–water partition coefficient (Wildman–Crippen LogP) is 6.71. The second kappa shape index (κ2) is 9.53. The molecule has 0 fully saturated rings. The van der Waals surface area contributed by atoms with Crippen LogP contribution in [0.5, 0.6) is 0 Å². The number of anilines is 2. The highest BCUT2D eigenvalue weighted by Crippen LogP contribution is 2.30. The van der Waals surface area contributed by atoms with Crippen molar-refractivity contribution < 1.29 is 14.5 Å². The quantitative estimate of drug-likeness (QED) is 0.301. The number of nitro benzene ring substituents is 1. The Morgan fingerprint density at radius 3 is 1.74 bits per heavy atom. The fourth-order valence-corrected chi connectivity index (χ4v) is 3.60. The molecule has 0 aliphatic heterocycles. The van der Waals surface area contributed by atoms with Gasteiger partial charge in [0.15, 0.2) is 0 Å². The van der Waals surface area contributed by atoms with Crippen LogP contribution >= 0.6 is 46.4 Å². The average molecular weight is 499 g/mol. The van der Waals surface area contributed by atoms with Gasteiger partial charge in [-0.2, -0.15) is 0 Å². The summed E-state index contributed by atoms with van der Waals surface area (Å²) in [6.07, 6.45) is 0. The molecule has 158 valence electrons. The number of nitrogens with one attached hydrogen (secondary N) is 2. The zero-order valence-electron chi connectivity index (χ0n) is 15.3. The van der Waals surface area contributed by atoms with Crippen molar-refractivity contribution in [2.45, 2.75) is 0 Å². The Morgan fingerprint density at radius 2 is 1.26 bits per heavy atom. The Hall–Kier alpha value is -2.84. The molecule has 3 aromatic rings. The number of nitrogens with zero attached hydrogens (tertiary/aromatic N) is 1. The van der Waals surface area contributed by atoms with Crippen LogP contribution in [0.3, 0.4) is 0 Å². The van der Waals surface area contributed by atoms with Crippen LogP contribution in [0.1, 0.15) is 20.7 Å². The Kier molecular flexibility index (Phi) is 7.02. The van der Waals surface area contributed by atoms with E-state index in [-0.39, 0.29) is 38.2 Å². The van der Waals surface area contributed by atoms with Gasteiger partial charge >= 0.3 is 0 Å². The van der Waals surface area contributed by atoms with Crippen molar-refractivity contribution in [2.24, 2.45) is 0 Å². The van der Waals surface area contributed by atoms with Crippen LogP contribution in [0.2, 0.25) is 20.1 Å². The highest BCUT2D eigenvalue weighted by Gasteiger charge is 2.20. The molecule has 0 aliphatic carbocycles. The third-order valence-corrected chi connectivity index (χ3v) is 5.15. The van der Waals surface area contributed by atoms with Gasteiger partial charge in [0.1, 0.15) is 5.69 Å². The Bertz CT molecular complexity index is 1220. The van der Waals surface area contributed by atoms with E-state index in [1.54, 1.807) is 0 Å². The molecule has 0 bridgehead atoms. The molecule has 0 saturated heterocycles. The molecule has 3 rings (SSSR count). The highest BCUT2D eigenvalue weighted by atomic mass is 35.5. The van der Waals surface area contributed by atoms with Crippen molar-refractivity contribution in [3.63, 3.8) is 0 Å². The van der Waals surface area contributed by atoms with Crippen LogP contribution in [0.15, 0.2) is 54.6 Å². The maximum Gasteiger partial charge on any atom is 0.292 e. The number of hydrogen-bond acceptors (Lipinski definition) is 4. The Balaban J connectivity index is 1.89. The second-order valence-electron chi connectivity index (χ2n) is 6.15. The van der Waals surface area contributed by atoms with E-state index in [9.17, 15) is 19.7 Å². The van der Waals surface area contributed by atoms with Gasteiger partial charge in [0.05, 0.1) is 26.1 Å². The van der Waals surface area contributed by atoms with Crippen LogP contribution in [0, 0.1) is 10.1 Å². The van der Waals surface area contributed by atoms with Crippen LogP contribution in [-0.2, 0) is 0 Å². The number of carbonyl (C=O) groups excluding carboxylic acids is 2. The van der Waals surface area contributed by atoms with Crippen molar-refractivity contribution in [1.82, 2.24) is 0 Å². The molecule has 2 N–H and O–H groups in total. The first kappa shape index (κ1) is 22.8. The number of hydrogen-bond donors (Lipinski definition) is 2. The minimum Gasteiger partial charge on any atom is -0.322 e. The third kappa shape index (κ3) is 5.45. The van der Waals surface area contributed by atoms with Crippen molar-refractivity contribution >= 4 is 75.3 Å².